The van der Waals surface area contributed by atoms with Gasteiger partial charge >= 0.3 is 0 Å². The van der Waals surface area contributed by atoms with Gasteiger partial charge in [0, 0.05) is 35.7 Å². The third-order valence-corrected chi connectivity index (χ3v) is 6.48. The number of Topliss-reactive ketones (excluding diaryl/α,β-unsaturated/α-hetero) is 1. The standard InChI is InChI=1S/C25H31ClN4O2/c1-3-27-11-8-18-14-22-25(28-15-18)24(23(32)16-29-12-9-21(31)10-13-29)17(2)30(22)20-6-4-19(26)5-7-20/h4-7,14-15,21,27,31H,3,8-13,16H2,1-2H3. The molecular formula is C25H31ClN4O2. The van der Waals surface area contributed by atoms with Crippen molar-refractivity contribution in [2.75, 3.05) is 32.7 Å². The molecule has 0 radical (unpaired) electrons. The second-order valence-corrected chi connectivity index (χ2v) is 8.95. The topological polar surface area (TPSA) is 70.4 Å². The van der Waals surface area contributed by atoms with Crippen molar-refractivity contribution in [3.8, 4) is 5.69 Å². The molecule has 32 heavy (non-hydrogen) atoms. The monoisotopic (exact) mass is 454 g/mol. The molecule has 0 amide bonds. The van der Waals surface area contributed by atoms with Gasteiger partial charge in [-0.15, -0.1) is 0 Å². The third-order valence-electron chi connectivity index (χ3n) is 6.23. The zero-order chi connectivity index (χ0) is 22.7. The molecular weight excluding hydrogens is 424 g/mol. The maximum atomic E-state index is 13.4. The second-order valence-electron chi connectivity index (χ2n) is 8.52. The number of likely N-dealkylation sites (tertiary alicyclic amines) is 1. The molecule has 6 nitrogen and oxygen atoms in total. The first-order chi connectivity index (χ1) is 15.5. The van der Waals surface area contributed by atoms with Gasteiger partial charge in [-0.05, 0) is 75.2 Å². The molecule has 1 aromatic carbocycles. The highest BCUT2D eigenvalue weighted by Gasteiger charge is 2.25. The second kappa shape index (κ2) is 10.1. The molecule has 0 saturated carbocycles. The molecule has 4 rings (SSSR count). The van der Waals surface area contributed by atoms with Crippen LogP contribution in [0.5, 0.6) is 0 Å². The Morgan fingerprint density at radius 3 is 2.66 bits per heavy atom. The van der Waals surface area contributed by atoms with Crippen LogP contribution in [0.25, 0.3) is 16.7 Å². The van der Waals surface area contributed by atoms with Crippen molar-refractivity contribution in [1.29, 1.82) is 0 Å². The van der Waals surface area contributed by atoms with Crippen LogP contribution in [0.15, 0.2) is 36.5 Å². The zero-order valence-corrected chi connectivity index (χ0v) is 19.5. The molecule has 1 aliphatic heterocycles. The number of rotatable bonds is 8. The minimum atomic E-state index is -0.253. The quantitative estimate of drug-likeness (QED) is 0.400. The molecule has 170 valence electrons. The Bertz CT molecular complexity index is 1090. The first-order valence-corrected chi connectivity index (χ1v) is 11.8. The third kappa shape index (κ3) is 4.89. The molecule has 0 bridgehead atoms. The van der Waals surface area contributed by atoms with E-state index < -0.39 is 0 Å². The van der Waals surface area contributed by atoms with Crippen LogP contribution in [0.4, 0.5) is 0 Å². The van der Waals surface area contributed by atoms with Gasteiger partial charge in [-0.2, -0.15) is 0 Å². The number of hydrogen-bond acceptors (Lipinski definition) is 5. The first-order valence-electron chi connectivity index (χ1n) is 11.4. The highest BCUT2D eigenvalue weighted by molar-refractivity contribution is 6.30. The van der Waals surface area contributed by atoms with Gasteiger partial charge in [0.05, 0.1) is 29.2 Å². The van der Waals surface area contributed by atoms with E-state index in [9.17, 15) is 9.90 Å². The van der Waals surface area contributed by atoms with Crippen molar-refractivity contribution in [3.05, 3.63) is 58.4 Å². The van der Waals surface area contributed by atoms with Crippen LogP contribution in [0, 0.1) is 6.92 Å². The molecule has 7 heteroatoms. The molecule has 0 spiro atoms. The highest BCUT2D eigenvalue weighted by atomic mass is 35.5. The van der Waals surface area contributed by atoms with Crippen molar-refractivity contribution in [2.45, 2.75) is 39.2 Å². The summed E-state index contributed by atoms with van der Waals surface area (Å²) in [6.45, 7) is 7.73. The summed E-state index contributed by atoms with van der Waals surface area (Å²) in [5.74, 6) is 0.0736. The Balaban J connectivity index is 1.74. The van der Waals surface area contributed by atoms with Gasteiger partial charge in [0.25, 0.3) is 0 Å². The van der Waals surface area contributed by atoms with Crippen LogP contribution < -0.4 is 5.32 Å². The number of benzene rings is 1. The summed E-state index contributed by atoms with van der Waals surface area (Å²) >= 11 is 6.12. The summed E-state index contributed by atoms with van der Waals surface area (Å²) in [6, 6.07) is 9.83. The Hall–Kier alpha value is -2.25. The lowest BCUT2D eigenvalue weighted by molar-refractivity contribution is 0.0711. The number of carbonyl (C=O) groups excluding carboxylic acids is 1. The number of ketones is 1. The number of nitrogens with one attached hydrogen (secondary N) is 1. The van der Waals surface area contributed by atoms with Gasteiger partial charge in [0.15, 0.2) is 5.78 Å². The van der Waals surface area contributed by atoms with Crippen molar-refractivity contribution in [1.82, 2.24) is 19.8 Å². The number of pyridine rings is 1. The van der Waals surface area contributed by atoms with Crippen LogP contribution >= 0.6 is 11.6 Å². The van der Waals surface area contributed by atoms with Gasteiger partial charge in [-0.3, -0.25) is 14.7 Å². The summed E-state index contributed by atoms with van der Waals surface area (Å²) < 4.78 is 2.11. The van der Waals surface area contributed by atoms with Crippen molar-refractivity contribution >= 4 is 28.4 Å². The molecule has 3 heterocycles. The van der Waals surface area contributed by atoms with Crippen molar-refractivity contribution in [3.63, 3.8) is 0 Å². The molecule has 2 aromatic heterocycles. The van der Waals surface area contributed by atoms with E-state index in [1.807, 2.05) is 37.4 Å². The fraction of sp³-hybridized carbons (Fsp3) is 0.440. The number of likely N-dealkylation sites (N-methyl/N-ethyl adjacent to an activating group) is 1. The number of aliphatic hydroxyl groups excluding tert-OH is 1. The van der Waals surface area contributed by atoms with E-state index in [4.69, 9.17) is 16.6 Å². The SMILES string of the molecule is CCNCCc1cnc2c(C(=O)CN3CCC(O)CC3)c(C)n(-c3ccc(Cl)cc3)c2c1. The van der Waals surface area contributed by atoms with Gasteiger partial charge < -0.3 is 15.0 Å². The van der Waals surface area contributed by atoms with Crippen LogP contribution in [0.1, 0.15) is 41.4 Å². The molecule has 1 saturated heterocycles. The fourth-order valence-electron chi connectivity index (χ4n) is 4.48. The van der Waals surface area contributed by atoms with Crippen LogP contribution in [0.2, 0.25) is 5.02 Å². The molecule has 1 fully saturated rings. The number of nitrogens with zero attached hydrogens (tertiary/aromatic N) is 3. The normalized spacial score (nSPS) is 15.5. The number of fused-ring (bicyclic) bond motifs is 1. The molecule has 0 atom stereocenters. The average molecular weight is 455 g/mol. The van der Waals surface area contributed by atoms with E-state index in [1.165, 1.54) is 0 Å². The average Bonchev–Trinajstić information content (AvgIpc) is 3.07. The predicted molar refractivity (Wildman–Crippen MR) is 129 cm³/mol. The Labute approximate surface area is 194 Å². The van der Waals surface area contributed by atoms with Crippen LogP contribution in [0.3, 0.4) is 0 Å². The number of carbonyl (C=O) groups is 1. The zero-order valence-electron chi connectivity index (χ0n) is 18.8. The van der Waals surface area contributed by atoms with E-state index >= 15 is 0 Å². The lowest BCUT2D eigenvalue weighted by Crippen LogP contribution is -2.39. The smallest absolute Gasteiger partial charge is 0.180 e. The van der Waals surface area contributed by atoms with Crippen molar-refractivity contribution < 1.29 is 9.90 Å². The van der Waals surface area contributed by atoms with Gasteiger partial charge in [-0.1, -0.05) is 18.5 Å². The lowest BCUT2D eigenvalue weighted by atomic mass is 10.1. The summed E-state index contributed by atoms with van der Waals surface area (Å²) in [4.78, 5) is 20.3. The van der Waals surface area contributed by atoms with Gasteiger partial charge in [0.2, 0.25) is 0 Å². The van der Waals surface area contributed by atoms with E-state index in [-0.39, 0.29) is 11.9 Å². The molecule has 2 N–H and O–H groups in total. The van der Waals surface area contributed by atoms with Gasteiger partial charge in [-0.25, -0.2) is 0 Å². The van der Waals surface area contributed by atoms with E-state index in [0.717, 1.165) is 60.6 Å². The Kier molecular flexibility index (Phi) is 7.26. The lowest BCUT2D eigenvalue weighted by Gasteiger charge is -2.28. The molecule has 0 aliphatic carbocycles. The fourth-order valence-corrected chi connectivity index (χ4v) is 4.61. The Morgan fingerprint density at radius 1 is 1.25 bits per heavy atom. The molecule has 0 unspecified atom stereocenters. The Morgan fingerprint density at radius 2 is 1.97 bits per heavy atom. The van der Waals surface area contributed by atoms with Gasteiger partial charge in [0.1, 0.15) is 0 Å². The van der Waals surface area contributed by atoms with E-state index in [2.05, 4.69) is 27.8 Å². The highest BCUT2D eigenvalue weighted by Crippen LogP contribution is 2.30. The van der Waals surface area contributed by atoms with E-state index in [0.29, 0.717) is 30.0 Å². The maximum absolute atomic E-state index is 13.4. The van der Waals surface area contributed by atoms with Crippen molar-refractivity contribution in [2.24, 2.45) is 0 Å². The van der Waals surface area contributed by atoms with Crippen LogP contribution in [-0.4, -0.2) is 64.2 Å². The summed E-state index contributed by atoms with van der Waals surface area (Å²) in [7, 11) is 0. The minimum absolute atomic E-state index is 0.0736. The number of piperidine rings is 1. The summed E-state index contributed by atoms with van der Waals surface area (Å²) in [5, 5.41) is 13.8. The predicted octanol–water partition coefficient (Wildman–Crippen LogP) is 3.78. The molecule has 3 aromatic rings. The summed E-state index contributed by atoms with van der Waals surface area (Å²) in [6.07, 6.45) is 3.94. The number of aliphatic hydroxyl groups is 1. The number of hydrogen-bond donors (Lipinski definition) is 2. The largest absolute Gasteiger partial charge is 0.393 e. The number of halogens is 1. The minimum Gasteiger partial charge on any atom is -0.393 e. The maximum Gasteiger partial charge on any atom is 0.180 e. The molecule has 1 aliphatic rings. The first kappa shape index (κ1) is 22.9. The number of aromatic nitrogens is 2. The van der Waals surface area contributed by atoms with Crippen LogP contribution in [-0.2, 0) is 6.42 Å². The van der Waals surface area contributed by atoms with E-state index in [1.54, 1.807) is 0 Å². The summed E-state index contributed by atoms with van der Waals surface area (Å²) in [5.41, 5.74) is 5.35.